The maximum atomic E-state index is 11.4. The van der Waals surface area contributed by atoms with Gasteiger partial charge in [0.15, 0.2) is 0 Å². The van der Waals surface area contributed by atoms with Crippen molar-refractivity contribution >= 4 is 17.9 Å². The maximum Gasteiger partial charge on any atom is 0.316 e. The lowest BCUT2D eigenvalue weighted by atomic mass is 10.3. The number of ether oxygens (including phenoxy) is 4. The second-order valence-corrected chi connectivity index (χ2v) is 4.15. The van der Waals surface area contributed by atoms with Crippen molar-refractivity contribution in [2.45, 2.75) is 38.7 Å². The van der Waals surface area contributed by atoms with Crippen LogP contribution in [0.15, 0.2) is 25.7 Å². The molecule has 0 bridgehead atoms. The first-order valence-corrected chi connectivity index (χ1v) is 6.91. The Hall–Kier alpha value is -2.31. The van der Waals surface area contributed by atoms with E-state index in [1.54, 1.807) is 0 Å². The zero-order chi connectivity index (χ0) is 16.8. The summed E-state index contributed by atoms with van der Waals surface area (Å²) in [6.45, 7) is 8.76. The van der Waals surface area contributed by atoms with Gasteiger partial charge in [-0.1, -0.05) is 20.1 Å². The summed E-state index contributed by atoms with van der Waals surface area (Å²) in [5.74, 6) is -2.06. The minimum atomic E-state index is -0.782. The second kappa shape index (κ2) is 12.4. The summed E-state index contributed by atoms with van der Waals surface area (Å²) in [6.07, 6.45) is 2.39. The van der Waals surface area contributed by atoms with Gasteiger partial charge in [-0.15, -0.1) is 0 Å². The van der Waals surface area contributed by atoms with E-state index in [0.29, 0.717) is 6.42 Å². The lowest BCUT2D eigenvalue weighted by Crippen LogP contribution is -2.20. The van der Waals surface area contributed by atoms with Gasteiger partial charge in [0, 0.05) is 0 Å². The van der Waals surface area contributed by atoms with Crippen molar-refractivity contribution in [1.82, 2.24) is 0 Å². The van der Waals surface area contributed by atoms with E-state index in [-0.39, 0.29) is 38.6 Å². The van der Waals surface area contributed by atoms with Gasteiger partial charge in [0.1, 0.15) is 12.7 Å². The molecule has 0 aliphatic heterocycles. The fourth-order valence-corrected chi connectivity index (χ4v) is 1.31. The third-order valence-electron chi connectivity index (χ3n) is 2.48. The first-order valence-electron chi connectivity index (χ1n) is 6.91. The number of carbonyl (C=O) groups excluding carboxylic acids is 3. The first-order chi connectivity index (χ1) is 10.5. The average Bonchev–Trinajstić information content (AvgIpc) is 2.49. The topological polar surface area (TPSA) is 88.1 Å². The normalized spacial score (nSPS) is 11.0. The molecular weight excluding hydrogens is 292 g/mol. The lowest BCUT2D eigenvalue weighted by molar-refractivity contribution is -0.162. The summed E-state index contributed by atoms with van der Waals surface area (Å²) < 4.78 is 19.3. The number of esters is 3. The Kier molecular flexibility index (Phi) is 11.1. The fraction of sp³-hybridized carbons (Fsp3) is 0.533. The molecule has 0 rings (SSSR count). The molecule has 0 aliphatic rings. The van der Waals surface area contributed by atoms with Crippen LogP contribution in [0.3, 0.4) is 0 Å². The molecule has 0 saturated carbocycles. The fourth-order valence-electron chi connectivity index (χ4n) is 1.31. The summed E-state index contributed by atoms with van der Waals surface area (Å²) >= 11 is 0. The molecule has 0 aromatic heterocycles. The minimum Gasteiger partial charge on any atom is -0.501 e. The first kappa shape index (κ1) is 19.7. The van der Waals surface area contributed by atoms with Crippen molar-refractivity contribution < 1.29 is 33.3 Å². The predicted molar refractivity (Wildman–Crippen MR) is 77.4 cm³/mol. The Balaban J connectivity index is 3.84. The van der Waals surface area contributed by atoms with Crippen LogP contribution < -0.4 is 0 Å². The van der Waals surface area contributed by atoms with Crippen molar-refractivity contribution in [2.75, 3.05) is 13.2 Å². The third kappa shape index (κ3) is 10.5. The highest BCUT2D eigenvalue weighted by Gasteiger charge is 2.15. The highest BCUT2D eigenvalue weighted by Crippen LogP contribution is 2.02. The molecule has 22 heavy (non-hydrogen) atoms. The Morgan fingerprint density at radius 2 is 1.64 bits per heavy atom. The Morgan fingerprint density at radius 3 is 2.23 bits per heavy atom. The van der Waals surface area contributed by atoms with Gasteiger partial charge in [-0.25, -0.2) is 0 Å². The Labute approximate surface area is 129 Å². The van der Waals surface area contributed by atoms with E-state index in [0.717, 1.165) is 0 Å². The molecule has 0 radical (unpaired) electrons. The summed E-state index contributed by atoms with van der Waals surface area (Å²) in [7, 11) is 0. The van der Waals surface area contributed by atoms with Crippen molar-refractivity contribution in [3.8, 4) is 0 Å². The van der Waals surface area contributed by atoms with Gasteiger partial charge < -0.3 is 18.9 Å². The highest BCUT2D eigenvalue weighted by atomic mass is 16.6. The highest BCUT2D eigenvalue weighted by molar-refractivity contribution is 5.87. The number of hydrogen-bond donors (Lipinski definition) is 0. The summed E-state index contributed by atoms with van der Waals surface area (Å²) in [5, 5.41) is 0. The molecule has 0 aromatic carbocycles. The van der Waals surface area contributed by atoms with E-state index >= 15 is 0 Å². The molecule has 7 nitrogen and oxygen atoms in total. The van der Waals surface area contributed by atoms with Crippen molar-refractivity contribution in [3.05, 3.63) is 25.7 Å². The van der Waals surface area contributed by atoms with Gasteiger partial charge in [0.2, 0.25) is 0 Å². The van der Waals surface area contributed by atoms with Crippen LogP contribution in [0.25, 0.3) is 0 Å². The van der Waals surface area contributed by atoms with E-state index in [4.69, 9.17) is 14.2 Å². The summed E-state index contributed by atoms with van der Waals surface area (Å²) in [5.41, 5.74) is 0. The average molecular weight is 314 g/mol. The summed E-state index contributed by atoms with van der Waals surface area (Å²) in [6, 6.07) is 0. The van der Waals surface area contributed by atoms with E-state index in [1.165, 1.54) is 12.5 Å². The molecule has 1 unspecified atom stereocenters. The molecule has 0 aliphatic carbocycles. The van der Waals surface area contributed by atoms with Gasteiger partial charge in [-0.05, 0) is 6.42 Å². The predicted octanol–water partition coefficient (Wildman–Crippen LogP) is 1.87. The van der Waals surface area contributed by atoms with Crippen molar-refractivity contribution in [2.24, 2.45) is 0 Å². The van der Waals surface area contributed by atoms with Gasteiger partial charge >= 0.3 is 17.9 Å². The van der Waals surface area contributed by atoms with Crippen LogP contribution in [-0.2, 0) is 33.3 Å². The van der Waals surface area contributed by atoms with E-state index < -0.39 is 17.9 Å². The number of hydrogen-bond acceptors (Lipinski definition) is 7. The molecule has 0 aromatic rings. The monoisotopic (exact) mass is 314 g/mol. The lowest BCUT2D eigenvalue weighted by Gasteiger charge is -2.14. The zero-order valence-corrected chi connectivity index (χ0v) is 12.7. The summed E-state index contributed by atoms with van der Waals surface area (Å²) in [4.78, 5) is 34.0. The van der Waals surface area contributed by atoms with E-state index in [2.05, 4.69) is 17.9 Å². The third-order valence-corrected chi connectivity index (χ3v) is 2.48. The molecule has 0 saturated heterocycles. The van der Waals surface area contributed by atoms with E-state index in [1.807, 2.05) is 6.92 Å². The van der Waals surface area contributed by atoms with Crippen LogP contribution in [0.4, 0.5) is 0 Å². The van der Waals surface area contributed by atoms with Crippen LogP contribution in [0.1, 0.15) is 32.6 Å². The van der Waals surface area contributed by atoms with Gasteiger partial charge in [0.25, 0.3) is 0 Å². The van der Waals surface area contributed by atoms with Crippen molar-refractivity contribution in [3.63, 3.8) is 0 Å². The second-order valence-electron chi connectivity index (χ2n) is 4.15. The van der Waals surface area contributed by atoms with E-state index in [9.17, 15) is 14.4 Å². The molecule has 0 spiro atoms. The number of rotatable bonds is 12. The maximum absolute atomic E-state index is 11.4. The Morgan fingerprint density at radius 1 is 1.00 bits per heavy atom. The molecule has 0 heterocycles. The zero-order valence-electron chi connectivity index (χ0n) is 12.7. The molecule has 0 amide bonds. The molecule has 0 fully saturated rings. The van der Waals surface area contributed by atoms with Crippen molar-refractivity contribution in [1.29, 1.82) is 0 Å². The van der Waals surface area contributed by atoms with Crippen LogP contribution in [-0.4, -0.2) is 37.2 Å². The van der Waals surface area contributed by atoms with Gasteiger partial charge in [-0.3, -0.25) is 14.4 Å². The van der Waals surface area contributed by atoms with Crippen LogP contribution in [0.2, 0.25) is 0 Å². The minimum absolute atomic E-state index is 0.0702. The standard InChI is InChI=1S/C15H22O7/c1-4-12(20-6-3)11-21-13(16)7-8-14(17)22-15(18)9-10-19-5-2/h5-6,12H,2-4,7-11H2,1H3. The molecule has 7 heteroatoms. The van der Waals surface area contributed by atoms with Gasteiger partial charge in [-0.2, -0.15) is 0 Å². The molecular formula is C15H22O7. The molecule has 1 atom stereocenters. The quantitative estimate of drug-likeness (QED) is 0.235. The smallest absolute Gasteiger partial charge is 0.316 e. The molecule has 124 valence electrons. The van der Waals surface area contributed by atoms with Crippen LogP contribution in [0.5, 0.6) is 0 Å². The number of carbonyl (C=O) groups is 3. The Bertz CT molecular complexity index is 389. The molecule has 0 N–H and O–H groups in total. The largest absolute Gasteiger partial charge is 0.501 e. The SMILES string of the molecule is C=COCCC(=O)OC(=O)CCC(=O)OCC(CC)OC=C. The van der Waals surface area contributed by atoms with Crippen LogP contribution in [0, 0.1) is 0 Å². The van der Waals surface area contributed by atoms with Gasteiger partial charge in [0.05, 0.1) is 38.4 Å². The van der Waals surface area contributed by atoms with Crippen LogP contribution >= 0.6 is 0 Å².